The van der Waals surface area contributed by atoms with E-state index in [1.165, 1.54) is 0 Å². The molecule has 5 nitrogen and oxygen atoms in total. The van der Waals surface area contributed by atoms with Crippen molar-refractivity contribution in [3.05, 3.63) is 64.3 Å². The summed E-state index contributed by atoms with van der Waals surface area (Å²) in [5, 5.41) is 3.95. The highest BCUT2D eigenvalue weighted by Gasteiger charge is 2.20. The minimum atomic E-state index is -3.73. The number of hydrogen-bond acceptors (Lipinski definition) is 4. The summed E-state index contributed by atoms with van der Waals surface area (Å²) in [5.74, 6) is 0.588. The number of hydrogen-bond donors (Lipinski definition) is 1. The summed E-state index contributed by atoms with van der Waals surface area (Å²) in [6.07, 6.45) is 0. The molecule has 0 spiro atoms. The van der Waals surface area contributed by atoms with E-state index in [0.29, 0.717) is 22.6 Å². The second kappa shape index (κ2) is 6.61. The molecule has 0 aliphatic rings. The Morgan fingerprint density at radius 1 is 0.923 bits per heavy atom. The number of benzene rings is 2. The van der Waals surface area contributed by atoms with Crippen LogP contribution in [0.5, 0.6) is 0 Å². The largest absolute Gasteiger partial charge is 0.356 e. The van der Waals surface area contributed by atoms with Gasteiger partial charge in [0.05, 0.1) is 10.6 Å². The maximum Gasteiger partial charge on any atom is 0.262 e. The molecule has 0 saturated carbocycles. The summed E-state index contributed by atoms with van der Waals surface area (Å²) in [6, 6.07) is 10.9. The van der Waals surface area contributed by atoms with Gasteiger partial charge in [0, 0.05) is 16.8 Å². The van der Waals surface area contributed by atoms with Crippen molar-refractivity contribution >= 4 is 15.7 Å². The van der Waals surface area contributed by atoms with Crippen molar-refractivity contribution in [2.24, 2.45) is 0 Å². The SMILES string of the molecule is Cc1cc(C)cc(NS(=O)(=O)c2cc(-c3onc(C)c3C)ccc2C)c1. The highest BCUT2D eigenvalue weighted by Crippen LogP contribution is 2.30. The Morgan fingerprint density at radius 2 is 1.58 bits per heavy atom. The maximum absolute atomic E-state index is 13.0. The van der Waals surface area contributed by atoms with Crippen molar-refractivity contribution in [1.29, 1.82) is 0 Å². The van der Waals surface area contributed by atoms with Crippen molar-refractivity contribution in [3.63, 3.8) is 0 Å². The van der Waals surface area contributed by atoms with Gasteiger partial charge in [-0.05, 0) is 69.5 Å². The van der Waals surface area contributed by atoms with Crippen LogP contribution in [0.2, 0.25) is 0 Å². The average Bonchev–Trinajstić information content (AvgIpc) is 2.86. The van der Waals surface area contributed by atoms with Crippen LogP contribution in [0.3, 0.4) is 0 Å². The molecule has 2 aromatic carbocycles. The van der Waals surface area contributed by atoms with Gasteiger partial charge in [-0.2, -0.15) is 0 Å². The molecule has 1 aromatic heterocycles. The van der Waals surface area contributed by atoms with E-state index in [0.717, 1.165) is 22.4 Å². The average molecular weight is 370 g/mol. The van der Waals surface area contributed by atoms with Gasteiger partial charge < -0.3 is 4.52 Å². The van der Waals surface area contributed by atoms with Crippen LogP contribution in [-0.4, -0.2) is 13.6 Å². The van der Waals surface area contributed by atoms with Gasteiger partial charge in [0.25, 0.3) is 10.0 Å². The zero-order chi connectivity index (χ0) is 19.1. The molecular formula is C20H22N2O3S. The van der Waals surface area contributed by atoms with Crippen LogP contribution in [0.25, 0.3) is 11.3 Å². The number of aromatic nitrogens is 1. The molecule has 3 aromatic rings. The molecular weight excluding hydrogens is 348 g/mol. The molecule has 0 aliphatic heterocycles. The van der Waals surface area contributed by atoms with E-state index < -0.39 is 10.0 Å². The van der Waals surface area contributed by atoms with Crippen LogP contribution in [0.4, 0.5) is 5.69 Å². The van der Waals surface area contributed by atoms with Crippen molar-refractivity contribution < 1.29 is 12.9 Å². The molecule has 0 radical (unpaired) electrons. The van der Waals surface area contributed by atoms with Gasteiger partial charge in [-0.15, -0.1) is 0 Å². The lowest BCUT2D eigenvalue weighted by atomic mass is 10.1. The minimum Gasteiger partial charge on any atom is -0.356 e. The van der Waals surface area contributed by atoms with E-state index in [-0.39, 0.29) is 4.90 Å². The Bertz CT molecular complexity index is 1060. The van der Waals surface area contributed by atoms with Crippen LogP contribution < -0.4 is 4.72 Å². The molecule has 26 heavy (non-hydrogen) atoms. The third-order valence-electron chi connectivity index (χ3n) is 4.37. The van der Waals surface area contributed by atoms with Crippen LogP contribution in [0.15, 0.2) is 45.8 Å². The molecule has 0 unspecified atom stereocenters. The third-order valence-corrected chi connectivity index (χ3v) is 5.89. The van der Waals surface area contributed by atoms with Crippen LogP contribution >= 0.6 is 0 Å². The molecule has 0 saturated heterocycles. The lowest BCUT2D eigenvalue weighted by Crippen LogP contribution is -2.14. The van der Waals surface area contributed by atoms with Crippen molar-refractivity contribution in [1.82, 2.24) is 5.16 Å². The number of sulfonamides is 1. The molecule has 0 fully saturated rings. The maximum atomic E-state index is 13.0. The van der Waals surface area contributed by atoms with Crippen molar-refractivity contribution in [2.45, 2.75) is 39.5 Å². The number of anilines is 1. The van der Waals surface area contributed by atoms with Crippen LogP contribution in [0, 0.1) is 34.6 Å². The zero-order valence-electron chi connectivity index (χ0n) is 15.5. The number of nitrogens with one attached hydrogen (secondary N) is 1. The first kappa shape index (κ1) is 18.2. The molecule has 3 rings (SSSR count). The molecule has 0 atom stereocenters. The third kappa shape index (κ3) is 3.51. The quantitative estimate of drug-likeness (QED) is 0.723. The van der Waals surface area contributed by atoms with E-state index in [4.69, 9.17) is 4.52 Å². The van der Waals surface area contributed by atoms with E-state index in [1.54, 1.807) is 19.1 Å². The topological polar surface area (TPSA) is 72.2 Å². The van der Waals surface area contributed by atoms with Gasteiger partial charge >= 0.3 is 0 Å². The predicted molar refractivity (Wildman–Crippen MR) is 103 cm³/mol. The number of nitrogens with zero attached hydrogens (tertiary/aromatic N) is 1. The Kier molecular flexibility index (Phi) is 4.63. The normalized spacial score (nSPS) is 11.6. The fourth-order valence-electron chi connectivity index (χ4n) is 2.96. The smallest absolute Gasteiger partial charge is 0.262 e. The molecule has 6 heteroatoms. The molecule has 0 amide bonds. The van der Waals surface area contributed by atoms with E-state index in [1.807, 2.05) is 52.0 Å². The second-order valence-electron chi connectivity index (χ2n) is 6.68. The van der Waals surface area contributed by atoms with Crippen LogP contribution in [-0.2, 0) is 10.0 Å². The summed E-state index contributed by atoms with van der Waals surface area (Å²) >= 11 is 0. The zero-order valence-corrected chi connectivity index (χ0v) is 16.4. The molecule has 0 aliphatic carbocycles. The summed E-state index contributed by atoms with van der Waals surface area (Å²) in [5.41, 5.74) is 5.60. The minimum absolute atomic E-state index is 0.225. The Hall–Kier alpha value is -2.60. The first-order chi connectivity index (χ1) is 12.2. The Balaban J connectivity index is 2.04. The van der Waals surface area contributed by atoms with E-state index >= 15 is 0 Å². The second-order valence-corrected chi connectivity index (χ2v) is 8.34. The molecule has 1 heterocycles. The van der Waals surface area contributed by atoms with Gasteiger partial charge in [0.15, 0.2) is 5.76 Å². The fraction of sp³-hybridized carbons (Fsp3) is 0.250. The van der Waals surface area contributed by atoms with Gasteiger partial charge in [0.1, 0.15) is 0 Å². The summed E-state index contributed by atoms with van der Waals surface area (Å²) in [6.45, 7) is 9.41. The Labute approximate surface area is 154 Å². The molecule has 1 N–H and O–H groups in total. The molecule has 136 valence electrons. The highest BCUT2D eigenvalue weighted by atomic mass is 32.2. The lowest BCUT2D eigenvalue weighted by Gasteiger charge is -2.13. The number of rotatable bonds is 4. The first-order valence-corrected chi connectivity index (χ1v) is 9.81. The Morgan fingerprint density at radius 3 is 2.15 bits per heavy atom. The van der Waals surface area contributed by atoms with Crippen molar-refractivity contribution in [3.8, 4) is 11.3 Å². The summed E-state index contributed by atoms with van der Waals surface area (Å²) in [4.78, 5) is 0.225. The van der Waals surface area contributed by atoms with Gasteiger partial charge in [-0.25, -0.2) is 8.42 Å². The standard InChI is InChI=1S/C20H22N2O3S/c1-12-8-13(2)10-18(9-12)22-26(23,24)19-11-17(7-6-14(19)3)20-15(4)16(5)21-25-20/h6-11,22H,1-5H3. The van der Waals surface area contributed by atoms with E-state index in [2.05, 4.69) is 9.88 Å². The first-order valence-electron chi connectivity index (χ1n) is 8.32. The predicted octanol–water partition coefficient (Wildman–Crippen LogP) is 4.68. The summed E-state index contributed by atoms with van der Waals surface area (Å²) < 4.78 is 34.0. The fourth-order valence-corrected chi connectivity index (χ4v) is 4.27. The van der Waals surface area contributed by atoms with Gasteiger partial charge in [0.2, 0.25) is 0 Å². The van der Waals surface area contributed by atoms with Crippen molar-refractivity contribution in [2.75, 3.05) is 4.72 Å². The van der Waals surface area contributed by atoms with Gasteiger partial charge in [-0.1, -0.05) is 23.4 Å². The monoisotopic (exact) mass is 370 g/mol. The molecule has 0 bridgehead atoms. The summed E-state index contributed by atoms with van der Waals surface area (Å²) in [7, 11) is -3.73. The number of aryl methyl sites for hydroxylation is 4. The van der Waals surface area contributed by atoms with Gasteiger partial charge in [-0.3, -0.25) is 4.72 Å². The highest BCUT2D eigenvalue weighted by molar-refractivity contribution is 7.92. The van der Waals surface area contributed by atoms with Crippen LogP contribution in [0.1, 0.15) is 27.9 Å². The lowest BCUT2D eigenvalue weighted by molar-refractivity contribution is 0.427. The van der Waals surface area contributed by atoms with E-state index in [9.17, 15) is 8.42 Å².